The highest BCUT2D eigenvalue weighted by Gasteiger charge is 2.15. The van der Waals surface area contributed by atoms with Crippen molar-refractivity contribution in [3.05, 3.63) is 95.9 Å². The molecule has 5 rings (SSSR count). The Balaban J connectivity index is 1.23. The first-order valence-electron chi connectivity index (χ1n) is 12.6. The molecule has 0 aliphatic carbocycles. The third-order valence-electron chi connectivity index (χ3n) is 6.70. The number of likely N-dealkylation sites (N-methyl/N-ethyl adjacent to an activating group) is 1. The van der Waals surface area contributed by atoms with Gasteiger partial charge < -0.3 is 20.6 Å². The first-order valence-corrected chi connectivity index (χ1v) is 12.6. The molecule has 0 saturated carbocycles. The van der Waals surface area contributed by atoms with Crippen molar-refractivity contribution in [2.75, 3.05) is 43.9 Å². The van der Waals surface area contributed by atoms with Crippen molar-refractivity contribution in [1.29, 1.82) is 0 Å². The number of rotatable bonds is 8. The molecule has 0 radical (unpaired) electrons. The number of aliphatic hydroxyl groups is 1. The Labute approximate surface area is 218 Å². The minimum absolute atomic E-state index is 0.498. The molecule has 190 valence electrons. The molecule has 2 aromatic heterocycles. The lowest BCUT2D eigenvalue weighted by molar-refractivity contribution is 0.148. The smallest absolute Gasteiger partial charge is 0.227 e. The fourth-order valence-electron chi connectivity index (χ4n) is 4.37. The summed E-state index contributed by atoms with van der Waals surface area (Å²) in [4.78, 5) is 18.0. The van der Waals surface area contributed by atoms with E-state index in [-0.39, 0.29) is 0 Å². The second-order valence-corrected chi connectivity index (χ2v) is 9.53. The molecule has 37 heavy (non-hydrogen) atoms. The van der Waals surface area contributed by atoms with Crippen LogP contribution in [0.25, 0.3) is 11.3 Å². The van der Waals surface area contributed by atoms with Gasteiger partial charge in [-0.3, -0.25) is 9.88 Å². The Morgan fingerprint density at radius 3 is 2.54 bits per heavy atom. The predicted molar refractivity (Wildman–Crippen MR) is 148 cm³/mol. The second-order valence-electron chi connectivity index (χ2n) is 9.53. The topological polar surface area (TPSA) is 89.4 Å². The quantitative estimate of drug-likeness (QED) is 0.309. The zero-order valence-corrected chi connectivity index (χ0v) is 21.3. The summed E-state index contributed by atoms with van der Waals surface area (Å²) in [5, 5.41) is 17.4. The molecule has 3 N–H and O–H groups in total. The van der Waals surface area contributed by atoms with E-state index in [0.29, 0.717) is 5.95 Å². The van der Waals surface area contributed by atoms with Crippen LogP contribution < -0.4 is 10.6 Å². The van der Waals surface area contributed by atoms with E-state index < -0.39 is 6.23 Å². The molecular formula is C29H33N7O. The molecular weight excluding hydrogens is 462 g/mol. The third-order valence-corrected chi connectivity index (χ3v) is 6.70. The lowest BCUT2D eigenvalue weighted by Gasteiger charge is -2.32. The van der Waals surface area contributed by atoms with Gasteiger partial charge in [-0.25, -0.2) is 9.97 Å². The SMILES string of the molecule is Cc1ccc(NC(O)c2ccc(CN3CCN(C)CC3)cc2)cc1Nc1nccc(-c2cccnc2)n1. The molecule has 1 fully saturated rings. The first-order chi connectivity index (χ1) is 18.0. The average molecular weight is 496 g/mol. The summed E-state index contributed by atoms with van der Waals surface area (Å²) in [6.07, 6.45) is 4.43. The fourth-order valence-corrected chi connectivity index (χ4v) is 4.37. The van der Waals surface area contributed by atoms with Gasteiger partial charge in [0.15, 0.2) is 6.23 Å². The molecule has 2 aromatic carbocycles. The number of hydrogen-bond acceptors (Lipinski definition) is 8. The van der Waals surface area contributed by atoms with Gasteiger partial charge in [-0.2, -0.15) is 0 Å². The van der Waals surface area contributed by atoms with Crippen molar-refractivity contribution in [3.63, 3.8) is 0 Å². The lowest BCUT2D eigenvalue weighted by Crippen LogP contribution is -2.43. The minimum Gasteiger partial charge on any atom is -0.369 e. The number of pyridine rings is 1. The van der Waals surface area contributed by atoms with E-state index in [1.54, 1.807) is 18.6 Å². The normalized spacial score (nSPS) is 15.3. The molecule has 8 heteroatoms. The van der Waals surface area contributed by atoms with Gasteiger partial charge in [0.1, 0.15) is 0 Å². The Morgan fingerprint density at radius 1 is 0.973 bits per heavy atom. The molecule has 1 aliphatic heterocycles. The monoisotopic (exact) mass is 495 g/mol. The van der Waals surface area contributed by atoms with E-state index in [1.807, 2.05) is 55.5 Å². The van der Waals surface area contributed by atoms with Gasteiger partial charge in [0.2, 0.25) is 5.95 Å². The van der Waals surface area contributed by atoms with Crippen LogP contribution in [0.1, 0.15) is 22.9 Å². The van der Waals surface area contributed by atoms with Crippen LogP contribution in [0, 0.1) is 6.92 Å². The molecule has 1 aliphatic rings. The number of benzene rings is 2. The molecule has 0 amide bonds. The molecule has 1 atom stereocenters. The average Bonchev–Trinajstić information content (AvgIpc) is 2.93. The van der Waals surface area contributed by atoms with Crippen molar-refractivity contribution in [3.8, 4) is 11.3 Å². The largest absolute Gasteiger partial charge is 0.369 e. The summed E-state index contributed by atoms with van der Waals surface area (Å²) in [6.45, 7) is 7.35. The highest BCUT2D eigenvalue weighted by Crippen LogP contribution is 2.26. The molecule has 1 saturated heterocycles. The van der Waals surface area contributed by atoms with Crippen LogP contribution in [0.15, 0.2) is 79.3 Å². The Kier molecular flexibility index (Phi) is 7.70. The van der Waals surface area contributed by atoms with Gasteiger partial charge in [-0.15, -0.1) is 0 Å². The van der Waals surface area contributed by atoms with Crippen molar-refractivity contribution in [1.82, 2.24) is 24.8 Å². The van der Waals surface area contributed by atoms with Gasteiger partial charge in [-0.05, 0) is 55.4 Å². The summed E-state index contributed by atoms with van der Waals surface area (Å²) < 4.78 is 0. The van der Waals surface area contributed by atoms with Crippen molar-refractivity contribution in [2.24, 2.45) is 0 Å². The van der Waals surface area contributed by atoms with Crippen LogP contribution in [-0.2, 0) is 6.54 Å². The van der Waals surface area contributed by atoms with Crippen molar-refractivity contribution in [2.45, 2.75) is 19.7 Å². The van der Waals surface area contributed by atoms with Crippen LogP contribution in [-0.4, -0.2) is 63.1 Å². The Bertz CT molecular complexity index is 1310. The zero-order chi connectivity index (χ0) is 25.6. The zero-order valence-electron chi connectivity index (χ0n) is 21.3. The van der Waals surface area contributed by atoms with Crippen LogP contribution in [0.5, 0.6) is 0 Å². The summed E-state index contributed by atoms with van der Waals surface area (Å²) in [5.41, 5.74) is 6.51. The molecule has 0 spiro atoms. The molecule has 0 bridgehead atoms. The van der Waals surface area contributed by atoms with Gasteiger partial charge in [-0.1, -0.05) is 30.3 Å². The van der Waals surface area contributed by atoms with Crippen LogP contribution in [0.2, 0.25) is 0 Å². The number of nitrogens with zero attached hydrogens (tertiary/aromatic N) is 5. The van der Waals surface area contributed by atoms with Crippen LogP contribution in [0.3, 0.4) is 0 Å². The summed E-state index contributed by atoms with van der Waals surface area (Å²) in [7, 11) is 2.17. The van der Waals surface area contributed by atoms with Gasteiger partial charge in [0.25, 0.3) is 0 Å². The van der Waals surface area contributed by atoms with Crippen LogP contribution >= 0.6 is 0 Å². The fraction of sp³-hybridized carbons (Fsp3) is 0.276. The molecule has 1 unspecified atom stereocenters. The minimum atomic E-state index is -0.821. The summed E-state index contributed by atoms with van der Waals surface area (Å²) in [6, 6.07) is 19.8. The number of anilines is 3. The number of nitrogens with one attached hydrogen (secondary N) is 2. The van der Waals surface area contributed by atoms with Crippen LogP contribution in [0.4, 0.5) is 17.3 Å². The Morgan fingerprint density at radius 2 is 1.78 bits per heavy atom. The molecule has 3 heterocycles. The van der Waals surface area contributed by atoms with E-state index in [9.17, 15) is 5.11 Å². The molecule has 8 nitrogen and oxygen atoms in total. The second kappa shape index (κ2) is 11.5. The van der Waals surface area contributed by atoms with Gasteiger partial charge in [0, 0.05) is 73.8 Å². The van der Waals surface area contributed by atoms with Crippen molar-refractivity contribution < 1.29 is 5.11 Å². The summed E-state index contributed by atoms with van der Waals surface area (Å²) >= 11 is 0. The highest BCUT2D eigenvalue weighted by atomic mass is 16.3. The standard InChI is InChI=1S/C29H33N7O/c1-21-5-10-25(18-27(21)34-29-31-13-11-26(33-29)24-4-3-12-30-19-24)32-28(37)23-8-6-22(7-9-23)20-36-16-14-35(2)15-17-36/h3-13,18-19,28,32,37H,14-17,20H2,1-2H3,(H,31,33,34). The molecule has 4 aromatic rings. The summed E-state index contributed by atoms with van der Waals surface area (Å²) in [5.74, 6) is 0.498. The van der Waals surface area contributed by atoms with E-state index >= 15 is 0 Å². The van der Waals surface area contributed by atoms with E-state index in [1.165, 1.54) is 5.56 Å². The first kappa shape index (κ1) is 24.8. The number of piperazine rings is 1. The Hall–Kier alpha value is -3.85. The van der Waals surface area contributed by atoms with E-state index in [0.717, 1.165) is 66.5 Å². The third kappa shape index (κ3) is 6.48. The number of hydrogen-bond donors (Lipinski definition) is 3. The van der Waals surface area contributed by atoms with E-state index in [2.05, 4.69) is 54.6 Å². The predicted octanol–water partition coefficient (Wildman–Crippen LogP) is 4.44. The van der Waals surface area contributed by atoms with Crippen molar-refractivity contribution >= 4 is 17.3 Å². The number of aromatic nitrogens is 3. The number of aliphatic hydroxyl groups excluding tert-OH is 1. The van der Waals surface area contributed by atoms with E-state index in [4.69, 9.17) is 0 Å². The van der Waals surface area contributed by atoms with Gasteiger partial charge in [0.05, 0.1) is 5.69 Å². The highest BCUT2D eigenvalue weighted by molar-refractivity contribution is 5.67. The lowest BCUT2D eigenvalue weighted by atomic mass is 10.1. The maximum atomic E-state index is 10.8. The maximum absolute atomic E-state index is 10.8. The maximum Gasteiger partial charge on any atom is 0.227 e. The van der Waals surface area contributed by atoms with Gasteiger partial charge >= 0.3 is 0 Å². The number of aryl methyl sites for hydroxylation is 1.